The largest absolute Gasteiger partial charge is 0.496 e. The van der Waals surface area contributed by atoms with Crippen molar-refractivity contribution in [2.24, 2.45) is 0 Å². The van der Waals surface area contributed by atoms with E-state index in [0.717, 1.165) is 48.8 Å². The summed E-state index contributed by atoms with van der Waals surface area (Å²) in [5, 5.41) is 10.6. The fourth-order valence-corrected chi connectivity index (χ4v) is 6.88. The summed E-state index contributed by atoms with van der Waals surface area (Å²) in [6.07, 6.45) is 5.23. The molecule has 5 amide bonds. The molecule has 0 fully saturated rings. The van der Waals surface area contributed by atoms with Gasteiger partial charge in [-0.05, 0) is 104 Å². The molecule has 1 heterocycles. The molecule has 14 heteroatoms. The van der Waals surface area contributed by atoms with Crippen LogP contribution in [0.5, 0.6) is 5.75 Å². The van der Waals surface area contributed by atoms with Crippen LogP contribution in [-0.4, -0.2) is 93.1 Å². The van der Waals surface area contributed by atoms with E-state index in [-0.39, 0.29) is 19.1 Å². The van der Waals surface area contributed by atoms with Gasteiger partial charge in [0.05, 0.1) is 27.3 Å². The van der Waals surface area contributed by atoms with Crippen LogP contribution >= 0.6 is 0 Å². The summed E-state index contributed by atoms with van der Waals surface area (Å²) in [6, 6.07) is 25.9. The number of methoxy groups -OCH3 is 2. The summed E-state index contributed by atoms with van der Waals surface area (Å²) >= 11 is 0. The zero-order chi connectivity index (χ0) is 48.8. The Bertz CT molecular complexity index is 2220. The van der Waals surface area contributed by atoms with Crippen LogP contribution in [0.15, 0.2) is 91.0 Å². The van der Waals surface area contributed by atoms with Crippen molar-refractivity contribution in [2.75, 3.05) is 40.9 Å². The van der Waals surface area contributed by atoms with Crippen molar-refractivity contribution in [3.8, 4) is 28.0 Å². The second-order valence-electron chi connectivity index (χ2n) is 16.5. The number of carbonyl (C=O) groups excluding carboxylic acids is 6. The van der Waals surface area contributed by atoms with Crippen molar-refractivity contribution >= 4 is 35.7 Å². The summed E-state index contributed by atoms with van der Waals surface area (Å²) in [5.41, 5.74) is 5.90. The molecule has 1 unspecified atom stereocenters. The molecule has 4 aromatic carbocycles. The van der Waals surface area contributed by atoms with Crippen LogP contribution in [0.25, 0.3) is 22.3 Å². The first kappa shape index (κ1) is 53.6. The number of likely N-dealkylation sites (N-methyl/N-ethyl adjacent to an activating group) is 1. The second kappa shape index (κ2) is 26.9. The Labute approximate surface area is 390 Å². The third kappa shape index (κ3) is 16.7. The van der Waals surface area contributed by atoms with Gasteiger partial charge in [-0.15, -0.1) is 0 Å². The molecule has 14 nitrogen and oxygen atoms in total. The minimum atomic E-state index is -1.17. The van der Waals surface area contributed by atoms with Crippen LogP contribution in [0.4, 0.5) is 4.79 Å². The van der Waals surface area contributed by atoms with Gasteiger partial charge >= 0.3 is 12.1 Å². The molecule has 0 saturated carbocycles. The van der Waals surface area contributed by atoms with Gasteiger partial charge in [0.25, 0.3) is 5.91 Å². The van der Waals surface area contributed by atoms with Crippen molar-refractivity contribution in [1.29, 1.82) is 0 Å². The van der Waals surface area contributed by atoms with Crippen molar-refractivity contribution in [3.63, 3.8) is 0 Å². The van der Waals surface area contributed by atoms with Crippen LogP contribution in [0.3, 0.4) is 0 Å². The number of benzene rings is 4. The second-order valence-corrected chi connectivity index (χ2v) is 16.5. The molecule has 0 aliphatic carbocycles. The molecule has 66 heavy (non-hydrogen) atoms. The first-order valence-corrected chi connectivity index (χ1v) is 22.7. The van der Waals surface area contributed by atoms with Crippen LogP contribution in [-0.2, 0) is 41.5 Å². The number of carbonyl (C=O) groups is 6. The molecule has 4 N–H and O–H groups in total. The number of aryl methyl sites for hydroxylation is 1. The molecular formula is C52H69N5O9. The number of esters is 1. The number of fused-ring (bicyclic) bond motifs is 5. The Morgan fingerprint density at radius 1 is 0.803 bits per heavy atom. The first-order chi connectivity index (χ1) is 31.6. The highest BCUT2D eigenvalue weighted by molar-refractivity contribution is 5.98. The molecule has 0 spiro atoms. The van der Waals surface area contributed by atoms with Crippen LogP contribution < -0.4 is 26.0 Å². The quantitative estimate of drug-likeness (QED) is 0.0764. The molecule has 1 aliphatic heterocycles. The monoisotopic (exact) mass is 908 g/mol. The summed E-state index contributed by atoms with van der Waals surface area (Å²) in [6.45, 7) is 13.7. The fraction of sp³-hybridized carbons (Fsp3) is 0.423. The average molecular weight is 908 g/mol. The van der Waals surface area contributed by atoms with Gasteiger partial charge in [-0.1, -0.05) is 101 Å². The number of nitrogens with zero attached hydrogens (tertiary/aromatic N) is 1. The van der Waals surface area contributed by atoms with E-state index in [0.29, 0.717) is 34.5 Å². The fourth-order valence-electron chi connectivity index (χ4n) is 6.88. The Morgan fingerprint density at radius 2 is 1.45 bits per heavy atom. The van der Waals surface area contributed by atoms with E-state index >= 15 is 0 Å². The average Bonchev–Trinajstić information content (AvgIpc) is 3.31. The van der Waals surface area contributed by atoms with Crippen LogP contribution in [0, 0.1) is 0 Å². The SMILES string of the molecule is CC.CCCCNC(=O)OC(C)(C)C.CCCCc1ccc(-c2ccc(C(=O)NCC(=O)N(C)C3C(=O)NCC(=O)N[C@H](C(=O)OC)Cc4ccc(OC)c(c4)-c4cccc3c4)cc2)cc1. The number of alkyl carbamates (subject to hydrolysis) is 1. The molecule has 0 radical (unpaired) electrons. The Morgan fingerprint density at radius 3 is 2.06 bits per heavy atom. The standard InChI is InChI=1S/C41H44N4O7.C9H19NO2.C2H6/c1-5-6-8-26-11-14-28(15-12-26)29-16-18-30(19-17-29)39(48)43-25-37(47)45(2)38-32-10-7-9-31(23-32)33-21-27(13-20-35(33)51-3)22-34(41(50)52-4)44-36(46)24-42-40(38)49;1-5-6-7-10-8(11)12-9(2,3)4;1-2/h7,9-21,23,34,38H,5-6,8,22,24-25H2,1-4H3,(H,42,49)(H,43,48)(H,44,46);5-7H2,1-4H3,(H,10,11);1-2H3/t34-,38?;;/m0../s1. The van der Waals surface area contributed by atoms with Crippen molar-refractivity contribution < 1.29 is 43.0 Å². The van der Waals surface area contributed by atoms with E-state index < -0.39 is 53.8 Å². The lowest BCUT2D eigenvalue weighted by molar-refractivity contribution is -0.145. The summed E-state index contributed by atoms with van der Waals surface area (Å²) in [7, 11) is 4.24. The van der Waals surface area contributed by atoms with Gasteiger partial charge in [-0.3, -0.25) is 19.2 Å². The van der Waals surface area contributed by atoms with E-state index in [1.807, 2.05) is 58.9 Å². The lowest BCUT2D eigenvalue weighted by Gasteiger charge is -2.28. The number of rotatable bonds is 13. The maximum absolute atomic E-state index is 13.7. The molecule has 0 saturated heterocycles. The molecule has 2 atom stereocenters. The highest BCUT2D eigenvalue weighted by Crippen LogP contribution is 2.34. The van der Waals surface area contributed by atoms with Crippen molar-refractivity contribution in [1.82, 2.24) is 26.2 Å². The summed E-state index contributed by atoms with van der Waals surface area (Å²) in [4.78, 5) is 78.1. The van der Waals surface area contributed by atoms with E-state index in [9.17, 15) is 28.8 Å². The third-order valence-electron chi connectivity index (χ3n) is 10.3. The molecule has 0 aromatic heterocycles. The highest BCUT2D eigenvalue weighted by atomic mass is 16.6. The van der Waals surface area contributed by atoms with Gasteiger partial charge in [-0.2, -0.15) is 0 Å². The molecular weight excluding hydrogens is 839 g/mol. The van der Waals surface area contributed by atoms with E-state index in [1.54, 1.807) is 42.5 Å². The number of nitrogens with one attached hydrogen (secondary N) is 4. The van der Waals surface area contributed by atoms with Gasteiger partial charge < -0.3 is 40.4 Å². The first-order valence-electron chi connectivity index (χ1n) is 22.7. The van der Waals surface area contributed by atoms with Crippen LogP contribution in [0.1, 0.15) is 107 Å². The predicted molar refractivity (Wildman–Crippen MR) is 258 cm³/mol. The topological polar surface area (TPSA) is 181 Å². The van der Waals surface area contributed by atoms with Gasteiger partial charge in [0, 0.05) is 31.1 Å². The van der Waals surface area contributed by atoms with Gasteiger partial charge in [-0.25, -0.2) is 9.59 Å². The van der Waals surface area contributed by atoms with Crippen molar-refractivity contribution in [3.05, 3.63) is 113 Å². The van der Waals surface area contributed by atoms with E-state index in [4.69, 9.17) is 14.2 Å². The molecule has 4 aromatic rings. The maximum Gasteiger partial charge on any atom is 0.407 e. The Balaban J connectivity index is 0.000000717. The molecule has 1 aliphatic rings. The summed E-state index contributed by atoms with van der Waals surface area (Å²) < 4.78 is 15.6. The number of hydrogen-bond donors (Lipinski definition) is 4. The maximum atomic E-state index is 13.7. The normalized spacial score (nSPS) is 14.5. The zero-order valence-electron chi connectivity index (χ0n) is 40.3. The van der Waals surface area contributed by atoms with Crippen LogP contribution in [0.2, 0.25) is 0 Å². The van der Waals surface area contributed by atoms with Gasteiger partial charge in [0.2, 0.25) is 17.7 Å². The Kier molecular flexibility index (Phi) is 21.9. The third-order valence-corrected chi connectivity index (χ3v) is 10.3. The number of unbranched alkanes of at least 4 members (excludes halogenated alkanes) is 2. The molecule has 5 rings (SSSR count). The van der Waals surface area contributed by atoms with Crippen molar-refractivity contribution in [2.45, 2.75) is 105 Å². The lowest BCUT2D eigenvalue weighted by atomic mass is 9.95. The number of amides is 5. The van der Waals surface area contributed by atoms with Gasteiger partial charge in [0.1, 0.15) is 23.4 Å². The van der Waals surface area contributed by atoms with Gasteiger partial charge in [0.15, 0.2) is 0 Å². The smallest absolute Gasteiger partial charge is 0.407 e. The highest BCUT2D eigenvalue weighted by Gasteiger charge is 2.31. The Hall–Kier alpha value is -6.70. The van der Waals surface area contributed by atoms with E-state index in [1.165, 1.54) is 31.7 Å². The zero-order valence-corrected chi connectivity index (χ0v) is 40.3. The molecule has 4 bridgehead atoms. The number of ether oxygens (including phenoxy) is 3. The molecule has 356 valence electrons. The minimum absolute atomic E-state index is 0.145. The lowest BCUT2D eigenvalue weighted by Crippen LogP contribution is -2.49. The predicted octanol–water partition coefficient (Wildman–Crippen LogP) is 7.97. The summed E-state index contributed by atoms with van der Waals surface area (Å²) in [5.74, 6) is -2.30. The minimum Gasteiger partial charge on any atom is -0.496 e. The number of hydrogen-bond acceptors (Lipinski definition) is 9. The van der Waals surface area contributed by atoms with E-state index in [2.05, 4.69) is 59.4 Å².